The molecule has 0 aliphatic heterocycles. The molecule has 1 aliphatic carbocycles. The fraction of sp³-hybridized carbons (Fsp3) is 0.667. The van der Waals surface area contributed by atoms with Crippen LogP contribution in [0.25, 0.3) is 0 Å². The number of hydrogen-bond acceptors (Lipinski definition) is 4. The summed E-state index contributed by atoms with van der Waals surface area (Å²) in [5, 5.41) is 3.54. The topological polar surface area (TPSA) is 47.0 Å². The predicted octanol–water partition coefficient (Wildman–Crippen LogP) is 1.69. The highest BCUT2D eigenvalue weighted by molar-refractivity contribution is 5.02. The molecular weight excluding hydrogens is 202 g/mol. The molecule has 2 rings (SSSR count). The van der Waals surface area contributed by atoms with Gasteiger partial charge in [-0.15, -0.1) is 0 Å². The van der Waals surface area contributed by atoms with Crippen LogP contribution in [-0.4, -0.2) is 28.7 Å². The van der Waals surface area contributed by atoms with Crippen LogP contribution in [0.3, 0.4) is 0 Å². The van der Waals surface area contributed by atoms with E-state index in [1.807, 2.05) is 13.1 Å². The van der Waals surface area contributed by atoms with Gasteiger partial charge >= 0.3 is 0 Å². The standard InChI is InChI=1S/C12H19N3O/c1-3-16-11-6-10(7-11)15-9(2)12-8-13-4-5-14-12/h4-5,8-11,15H,3,6-7H2,1-2H3. The van der Waals surface area contributed by atoms with Crippen LogP contribution in [-0.2, 0) is 4.74 Å². The van der Waals surface area contributed by atoms with Gasteiger partial charge in [0, 0.05) is 37.3 Å². The van der Waals surface area contributed by atoms with Gasteiger partial charge in [-0.1, -0.05) is 0 Å². The molecule has 1 unspecified atom stereocenters. The van der Waals surface area contributed by atoms with Gasteiger partial charge in [-0.05, 0) is 26.7 Å². The second kappa shape index (κ2) is 5.37. The molecule has 0 spiro atoms. The largest absolute Gasteiger partial charge is 0.378 e. The Morgan fingerprint density at radius 3 is 2.94 bits per heavy atom. The van der Waals surface area contributed by atoms with Crippen molar-refractivity contribution in [2.75, 3.05) is 6.61 Å². The molecule has 0 saturated heterocycles. The summed E-state index contributed by atoms with van der Waals surface area (Å²) in [7, 11) is 0. The predicted molar refractivity (Wildman–Crippen MR) is 62.0 cm³/mol. The second-order valence-electron chi connectivity index (χ2n) is 4.26. The number of rotatable bonds is 5. The van der Waals surface area contributed by atoms with Crippen LogP contribution in [0, 0.1) is 0 Å². The van der Waals surface area contributed by atoms with Crippen LogP contribution in [0.4, 0.5) is 0 Å². The van der Waals surface area contributed by atoms with Gasteiger partial charge in [0.25, 0.3) is 0 Å². The lowest BCUT2D eigenvalue weighted by atomic mass is 9.88. The molecule has 4 heteroatoms. The van der Waals surface area contributed by atoms with Crippen molar-refractivity contribution in [3.63, 3.8) is 0 Å². The van der Waals surface area contributed by atoms with Crippen molar-refractivity contribution in [2.45, 2.75) is 44.9 Å². The van der Waals surface area contributed by atoms with Crippen LogP contribution >= 0.6 is 0 Å². The Labute approximate surface area is 96.4 Å². The summed E-state index contributed by atoms with van der Waals surface area (Å²) in [5.41, 5.74) is 1.00. The maximum absolute atomic E-state index is 5.53. The summed E-state index contributed by atoms with van der Waals surface area (Å²) in [4.78, 5) is 8.36. The molecule has 1 N–H and O–H groups in total. The molecule has 0 aromatic carbocycles. The van der Waals surface area contributed by atoms with Crippen molar-refractivity contribution in [1.82, 2.24) is 15.3 Å². The average molecular weight is 221 g/mol. The molecule has 88 valence electrons. The first-order valence-electron chi connectivity index (χ1n) is 5.93. The zero-order chi connectivity index (χ0) is 11.4. The van der Waals surface area contributed by atoms with Crippen molar-refractivity contribution < 1.29 is 4.74 Å². The lowest BCUT2D eigenvalue weighted by Gasteiger charge is -2.37. The summed E-state index contributed by atoms with van der Waals surface area (Å²) >= 11 is 0. The molecule has 1 saturated carbocycles. The van der Waals surface area contributed by atoms with Crippen molar-refractivity contribution in [1.29, 1.82) is 0 Å². The van der Waals surface area contributed by atoms with Crippen molar-refractivity contribution in [2.24, 2.45) is 0 Å². The van der Waals surface area contributed by atoms with Gasteiger partial charge in [-0.25, -0.2) is 0 Å². The summed E-state index contributed by atoms with van der Waals surface area (Å²) in [6, 6.07) is 0.829. The monoisotopic (exact) mass is 221 g/mol. The van der Waals surface area contributed by atoms with E-state index in [1.165, 1.54) is 0 Å². The third-order valence-corrected chi connectivity index (χ3v) is 3.01. The van der Waals surface area contributed by atoms with E-state index in [0.717, 1.165) is 25.1 Å². The smallest absolute Gasteiger partial charge is 0.0753 e. The lowest BCUT2D eigenvalue weighted by Crippen LogP contribution is -2.46. The molecule has 0 amide bonds. The second-order valence-corrected chi connectivity index (χ2v) is 4.26. The first kappa shape index (κ1) is 11.5. The molecule has 1 aromatic rings. The number of aromatic nitrogens is 2. The molecule has 1 atom stereocenters. The van der Waals surface area contributed by atoms with Crippen molar-refractivity contribution in [3.8, 4) is 0 Å². The summed E-state index contributed by atoms with van der Waals surface area (Å²) < 4.78 is 5.53. The Bertz CT molecular complexity index is 311. The zero-order valence-electron chi connectivity index (χ0n) is 9.89. The van der Waals surface area contributed by atoms with Crippen LogP contribution < -0.4 is 5.32 Å². The molecule has 1 heterocycles. The minimum atomic E-state index is 0.265. The highest BCUT2D eigenvalue weighted by Gasteiger charge is 2.30. The van der Waals surface area contributed by atoms with Crippen LogP contribution in [0.5, 0.6) is 0 Å². The minimum absolute atomic E-state index is 0.265. The fourth-order valence-electron chi connectivity index (χ4n) is 2.05. The Morgan fingerprint density at radius 1 is 1.50 bits per heavy atom. The van der Waals surface area contributed by atoms with E-state index in [-0.39, 0.29) is 6.04 Å². The van der Waals surface area contributed by atoms with Crippen LogP contribution in [0.15, 0.2) is 18.6 Å². The third kappa shape index (κ3) is 2.77. The van der Waals surface area contributed by atoms with Gasteiger partial charge in [0.15, 0.2) is 0 Å². The van der Waals surface area contributed by atoms with E-state index >= 15 is 0 Å². The molecular formula is C12H19N3O. The highest BCUT2D eigenvalue weighted by atomic mass is 16.5. The average Bonchev–Trinajstić information content (AvgIpc) is 2.27. The Morgan fingerprint density at radius 2 is 2.31 bits per heavy atom. The zero-order valence-corrected chi connectivity index (χ0v) is 9.89. The molecule has 0 radical (unpaired) electrons. The normalized spacial score (nSPS) is 26.1. The number of hydrogen-bond donors (Lipinski definition) is 1. The Balaban J connectivity index is 1.75. The molecule has 1 aromatic heterocycles. The van der Waals surface area contributed by atoms with Crippen molar-refractivity contribution in [3.05, 3.63) is 24.3 Å². The fourth-order valence-corrected chi connectivity index (χ4v) is 2.05. The first-order valence-corrected chi connectivity index (χ1v) is 5.93. The minimum Gasteiger partial charge on any atom is -0.378 e. The van der Waals surface area contributed by atoms with E-state index in [2.05, 4.69) is 22.2 Å². The molecule has 1 aliphatic rings. The molecule has 1 fully saturated rings. The summed E-state index contributed by atoms with van der Waals surface area (Å²) in [5.74, 6) is 0. The van der Waals surface area contributed by atoms with E-state index in [1.54, 1.807) is 12.4 Å². The van der Waals surface area contributed by atoms with Gasteiger partial charge < -0.3 is 10.1 Å². The lowest BCUT2D eigenvalue weighted by molar-refractivity contribution is -0.0121. The number of nitrogens with zero attached hydrogens (tertiary/aromatic N) is 2. The Hall–Kier alpha value is -1.00. The summed E-state index contributed by atoms with van der Waals surface area (Å²) in [6.07, 6.45) is 7.92. The van der Waals surface area contributed by atoms with E-state index in [0.29, 0.717) is 12.1 Å². The van der Waals surface area contributed by atoms with E-state index in [9.17, 15) is 0 Å². The quantitative estimate of drug-likeness (QED) is 0.822. The maximum Gasteiger partial charge on any atom is 0.0753 e. The van der Waals surface area contributed by atoms with Gasteiger partial charge in [-0.3, -0.25) is 9.97 Å². The van der Waals surface area contributed by atoms with Crippen molar-refractivity contribution >= 4 is 0 Å². The summed E-state index contributed by atoms with van der Waals surface area (Å²) in [6.45, 7) is 4.98. The highest BCUT2D eigenvalue weighted by Crippen LogP contribution is 2.25. The van der Waals surface area contributed by atoms with Crippen LogP contribution in [0.1, 0.15) is 38.4 Å². The van der Waals surface area contributed by atoms with Crippen LogP contribution in [0.2, 0.25) is 0 Å². The molecule has 0 bridgehead atoms. The van der Waals surface area contributed by atoms with Gasteiger partial charge in [0.05, 0.1) is 11.8 Å². The maximum atomic E-state index is 5.53. The molecule has 4 nitrogen and oxygen atoms in total. The van der Waals surface area contributed by atoms with E-state index in [4.69, 9.17) is 4.74 Å². The van der Waals surface area contributed by atoms with E-state index < -0.39 is 0 Å². The third-order valence-electron chi connectivity index (χ3n) is 3.01. The first-order chi connectivity index (χ1) is 7.79. The Kier molecular flexibility index (Phi) is 3.85. The molecule has 16 heavy (non-hydrogen) atoms. The van der Waals surface area contributed by atoms with Gasteiger partial charge in [0.2, 0.25) is 0 Å². The number of nitrogens with one attached hydrogen (secondary N) is 1. The van der Waals surface area contributed by atoms with Gasteiger partial charge in [0.1, 0.15) is 0 Å². The number of ether oxygens (including phenoxy) is 1. The SMILES string of the molecule is CCOC1CC(NC(C)c2cnccn2)C1. The van der Waals surface area contributed by atoms with Gasteiger partial charge in [-0.2, -0.15) is 0 Å².